The first-order chi connectivity index (χ1) is 17.3. The van der Waals surface area contributed by atoms with Crippen LogP contribution in [0.1, 0.15) is 42.0 Å². The first-order valence-corrected chi connectivity index (χ1v) is 12.9. The van der Waals surface area contributed by atoms with Crippen LogP contribution in [0.4, 0.5) is 11.5 Å². The number of hydrogen-bond acceptors (Lipinski definition) is 8. The first kappa shape index (κ1) is 25.5. The molecule has 3 aromatic heterocycles. The highest BCUT2D eigenvalue weighted by atomic mass is 35.5. The fourth-order valence-corrected chi connectivity index (χ4v) is 4.47. The molecule has 0 bridgehead atoms. The lowest BCUT2D eigenvalue weighted by Crippen LogP contribution is -2.22. The van der Waals surface area contributed by atoms with Crippen molar-refractivity contribution in [3.63, 3.8) is 0 Å². The molecule has 1 amide bonds. The molecule has 3 heterocycles. The van der Waals surface area contributed by atoms with Gasteiger partial charge in [-0.05, 0) is 42.8 Å². The molecule has 0 unspecified atom stereocenters. The van der Waals surface area contributed by atoms with Crippen LogP contribution in [0, 0.1) is 0 Å². The molecule has 1 fully saturated rings. The number of nitrogen functional groups attached to an aromatic ring is 1. The number of aryl methyl sites for hydroxylation is 1. The Kier molecular flexibility index (Phi) is 7.76. The number of primary amides is 1. The summed E-state index contributed by atoms with van der Waals surface area (Å²) in [6.45, 7) is 2.09. The third-order valence-corrected chi connectivity index (χ3v) is 6.43. The van der Waals surface area contributed by atoms with Crippen LogP contribution in [0.5, 0.6) is 0 Å². The number of halogens is 1. The molecular formula is C25H26ClN7O2S. The maximum Gasteiger partial charge on any atom is 0.271 e. The van der Waals surface area contributed by atoms with E-state index in [4.69, 9.17) is 23.1 Å². The van der Waals surface area contributed by atoms with E-state index in [1.807, 2.05) is 29.0 Å². The monoisotopic (exact) mass is 523 g/mol. The minimum absolute atomic E-state index is 0.0163. The summed E-state index contributed by atoms with van der Waals surface area (Å²) in [7, 11) is 0. The number of nitrogens with two attached hydrogens (primary N) is 2. The van der Waals surface area contributed by atoms with Gasteiger partial charge in [-0.3, -0.25) is 14.6 Å². The van der Waals surface area contributed by atoms with E-state index >= 15 is 0 Å². The van der Waals surface area contributed by atoms with Crippen LogP contribution in [-0.4, -0.2) is 31.7 Å². The molecule has 0 radical (unpaired) electrons. The van der Waals surface area contributed by atoms with Crippen molar-refractivity contribution in [1.29, 1.82) is 0 Å². The summed E-state index contributed by atoms with van der Waals surface area (Å²) in [5, 5.41) is 2.18. The second-order valence-corrected chi connectivity index (χ2v) is 9.24. The SMILES string of the molecule is CCc1cc2cccc(Cl)c2c(=O)n1C1CC1.CSNc1cncc(-c2cnc(N)c(C(N)=O)n2)c1. The van der Waals surface area contributed by atoms with Crippen LogP contribution < -0.4 is 21.7 Å². The minimum atomic E-state index is -0.710. The number of hydrogen-bond donors (Lipinski definition) is 3. The number of fused-ring (bicyclic) bond motifs is 1. The molecule has 0 atom stereocenters. The Morgan fingerprint density at radius 1 is 1.25 bits per heavy atom. The number of carbonyl (C=O) groups excluding carboxylic acids is 1. The number of carbonyl (C=O) groups is 1. The van der Waals surface area contributed by atoms with Crippen LogP contribution in [0.25, 0.3) is 22.0 Å². The van der Waals surface area contributed by atoms with E-state index in [0.29, 0.717) is 27.7 Å². The highest BCUT2D eigenvalue weighted by Crippen LogP contribution is 2.36. The molecule has 0 spiro atoms. The van der Waals surface area contributed by atoms with Gasteiger partial charge in [-0.15, -0.1) is 0 Å². The second kappa shape index (κ2) is 11.0. The maximum absolute atomic E-state index is 12.5. The minimum Gasteiger partial charge on any atom is -0.382 e. The third kappa shape index (κ3) is 5.44. The van der Waals surface area contributed by atoms with Crippen molar-refractivity contribution in [2.45, 2.75) is 32.2 Å². The molecule has 0 saturated heterocycles. The number of pyridine rings is 2. The van der Waals surface area contributed by atoms with Gasteiger partial charge in [0.05, 0.1) is 34.2 Å². The van der Waals surface area contributed by atoms with E-state index in [1.165, 1.54) is 18.1 Å². The Morgan fingerprint density at radius 3 is 2.69 bits per heavy atom. The average Bonchev–Trinajstić information content (AvgIpc) is 3.70. The number of nitrogens with one attached hydrogen (secondary N) is 1. The predicted octanol–water partition coefficient (Wildman–Crippen LogP) is 4.46. The summed E-state index contributed by atoms with van der Waals surface area (Å²) < 4.78 is 4.99. The maximum atomic E-state index is 12.5. The molecule has 9 nitrogen and oxygen atoms in total. The summed E-state index contributed by atoms with van der Waals surface area (Å²) in [5.74, 6) is -0.694. The highest BCUT2D eigenvalue weighted by Gasteiger charge is 2.27. The lowest BCUT2D eigenvalue weighted by Gasteiger charge is -2.12. The quantitative estimate of drug-likeness (QED) is 0.314. The topological polar surface area (TPSA) is 142 Å². The van der Waals surface area contributed by atoms with Crippen molar-refractivity contribution in [2.24, 2.45) is 5.73 Å². The van der Waals surface area contributed by atoms with Crippen molar-refractivity contribution in [1.82, 2.24) is 19.5 Å². The molecule has 11 heteroatoms. The zero-order valence-corrected chi connectivity index (χ0v) is 21.4. The van der Waals surface area contributed by atoms with Crippen LogP contribution in [-0.2, 0) is 6.42 Å². The second-order valence-electron chi connectivity index (χ2n) is 8.22. The Hall–Kier alpha value is -3.63. The standard InChI is InChI=1S/C14H14ClNO.C11H12N6OS/c1-2-10-8-9-4-3-5-12(15)13(9)14(17)16(10)11-6-7-11;1-19-17-7-2-6(3-14-4-7)8-5-15-10(12)9(16-8)11(13)18/h3-5,8,11H,2,6-7H2,1H3;2-5,17H,1H3,(H2,12,15)(H2,13,18). The van der Waals surface area contributed by atoms with Crippen molar-refractivity contribution in [3.8, 4) is 11.3 Å². The van der Waals surface area contributed by atoms with Gasteiger partial charge < -0.3 is 20.8 Å². The Labute approximate surface area is 217 Å². The Bertz CT molecular complexity index is 1490. The average molecular weight is 524 g/mol. The van der Waals surface area contributed by atoms with Crippen molar-refractivity contribution in [2.75, 3.05) is 16.7 Å². The van der Waals surface area contributed by atoms with Crippen molar-refractivity contribution >= 4 is 51.7 Å². The zero-order valence-electron chi connectivity index (χ0n) is 19.9. The van der Waals surface area contributed by atoms with E-state index in [0.717, 1.165) is 36.0 Å². The van der Waals surface area contributed by atoms with E-state index < -0.39 is 5.91 Å². The number of amides is 1. The number of aromatic nitrogens is 4. The smallest absolute Gasteiger partial charge is 0.271 e. The van der Waals surface area contributed by atoms with Crippen molar-refractivity contribution in [3.05, 3.63) is 75.7 Å². The van der Waals surface area contributed by atoms with Gasteiger partial charge in [-0.2, -0.15) is 0 Å². The predicted molar refractivity (Wildman–Crippen MR) is 146 cm³/mol. The molecule has 5 rings (SSSR count). The highest BCUT2D eigenvalue weighted by molar-refractivity contribution is 7.99. The molecule has 1 aliphatic carbocycles. The van der Waals surface area contributed by atoms with Gasteiger partial charge in [0.15, 0.2) is 11.5 Å². The lowest BCUT2D eigenvalue weighted by molar-refractivity contribution is 0.0996. The normalized spacial score (nSPS) is 12.6. The first-order valence-electron chi connectivity index (χ1n) is 11.3. The molecule has 4 aromatic rings. The Balaban J connectivity index is 0.000000170. The summed E-state index contributed by atoms with van der Waals surface area (Å²) in [6.07, 6.45) is 9.79. The van der Waals surface area contributed by atoms with Gasteiger partial charge in [0.25, 0.3) is 11.5 Å². The van der Waals surface area contributed by atoms with Crippen LogP contribution in [0.3, 0.4) is 0 Å². The van der Waals surface area contributed by atoms with Gasteiger partial charge >= 0.3 is 0 Å². The van der Waals surface area contributed by atoms with Crippen LogP contribution in [0.15, 0.2) is 53.7 Å². The fraction of sp³-hybridized carbons (Fsp3) is 0.240. The van der Waals surface area contributed by atoms with Gasteiger partial charge in [0.2, 0.25) is 0 Å². The number of benzene rings is 1. The molecule has 1 aliphatic rings. The van der Waals surface area contributed by atoms with E-state index in [1.54, 1.807) is 18.5 Å². The molecule has 186 valence electrons. The molecular weight excluding hydrogens is 498 g/mol. The molecule has 1 aromatic carbocycles. The third-order valence-electron chi connectivity index (χ3n) is 5.67. The number of anilines is 2. The summed E-state index contributed by atoms with van der Waals surface area (Å²) in [4.78, 5) is 35.8. The van der Waals surface area contributed by atoms with Crippen LogP contribution in [0.2, 0.25) is 5.02 Å². The van der Waals surface area contributed by atoms with E-state index in [9.17, 15) is 9.59 Å². The van der Waals surface area contributed by atoms with E-state index in [-0.39, 0.29) is 17.1 Å². The summed E-state index contributed by atoms with van der Waals surface area (Å²) in [6, 6.07) is 9.98. The van der Waals surface area contributed by atoms with Gasteiger partial charge in [0, 0.05) is 29.8 Å². The van der Waals surface area contributed by atoms with Gasteiger partial charge in [-0.25, -0.2) is 9.97 Å². The molecule has 0 aliphatic heterocycles. The van der Waals surface area contributed by atoms with Gasteiger partial charge in [0.1, 0.15) is 0 Å². The summed E-state index contributed by atoms with van der Waals surface area (Å²) in [5.41, 5.74) is 13.9. The lowest BCUT2D eigenvalue weighted by atomic mass is 10.1. The number of rotatable bonds is 6. The fourth-order valence-electron chi connectivity index (χ4n) is 3.86. The van der Waals surface area contributed by atoms with Gasteiger partial charge in [-0.1, -0.05) is 42.6 Å². The Morgan fingerprint density at radius 2 is 2.03 bits per heavy atom. The van der Waals surface area contributed by atoms with Crippen molar-refractivity contribution < 1.29 is 4.79 Å². The zero-order chi connectivity index (χ0) is 25.8. The number of nitrogens with zero attached hydrogens (tertiary/aromatic N) is 4. The largest absolute Gasteiger partial charge is 0.382 e. The van der Waals surface area contributed by atoms with Crippen LogP contribution >= 0.6 is 23.5 Å². The molecule has 36 heavy (non-hydrogen) atoms. The van der Waals surface area contributed by atoms with E-state index in [2.05, 4.69) is 32.7 Å². The molecule has 5 N–H and O–H groups in total. The summed E-state index contributed by atoms with van der Waals surface area (Å²) >= 11 is 7.59. The molecule has 1 saturated carbocycles.